The van der Waals surface area contributed by atoms with Gasteiger partial charge in [-0.15, -0.1) is 0 Å². The molecule has 0 fully saturated rings. The van der Waals surface area contributed by atoms with E-state index in [0.29, 0.717) is 11.3 Å². The van der Waals surface area contributed by atoms with E-state index in [0.717, 1.165) is 23.3 Å². The van der Waals surface area contributed by atoms with Crippen LogP contribution in [0.15, 0.2) is 39.9 Å². The molecule has 19 heavy (non-hydrogen) atoms. The normalized spacial score (nSPS) is 12.4. The van der Waals surface area contributed by atoms with Gasteiger partial charge in [-0.3, -0.25) is 10.8 Å². The molecule has 3 N–H and O–H groups in total. The molecule has 1 unspecified atom stereocenters. The number of pyridine rings is 1. The zero-order valence-corrected chi connectivity index (χ0v) is 12.2. The van der Waals surface area contributed by atoms with Crippen LogP contribution in [0.25, 0.3) is 0 Å². The van der Waals surface area contributed by atoms with Crippen molar-refractivity contribution in [2.24, 2.45) is 5.84 Å². The van der Waals surface area contributed by atoms with Crippen LogP contribution in [0.2, 0.25) is 0 Å². The van der Waals surface area contributed by atoms with Crippen molar-refractivity contribution in [1.29, 1.82) is 0 Å². The molecule has 0 spiro atoms. The van der Waals surface area contributed by atoms with Crippen LogP contribution in [-0.4, -0.2) is 11.6 Å². The number of nitrogens with zero attached hydrogens (tertiary/aromatic N) is 1. The van der Waals surface area contributed by atoms with Crippen LogP contribution in [0.1, 0.15) is 30.5 Å². The molecule has 6 heteroatoms. The lowest BCUT2D eigenvalue weighted by Gasteiger charge is -2.16. The lowest BCUT2D eigenvalue weighted by Crippen LogP contribution is -2.28. The first-order chi connectivity index (χ1) is 9.26. The minimum Gasteiger partial charge on any atom is -0.492 e. The molecule has 0 bridgehead atoms. The van der Waals surface area contributed by atoms with E-state index in [2.05, 4.69) is 33.3 Å². The fourth-order valence-corrected chi connectivity index (χ4v) is 2.24. The number of nitrogens with one attached hydrogen (secondary N) is 1. The third-order valence-corrected chi connectivity index (χ3v) is 3.31. The molecule has 2 rings (SSSR count). The molecular weight excluding hydrogens is 310 g/mol. The summed E-state index contributed by atoms with van der Waals surface area (Å²) in [6.45, 7) is 2.73. The van der Waals surface area contributed by atoms with E-state index in [4.69, 9.17) is 15.0 Å². The van der Waals surface area contributed by atoms with Crippen molar-refractivity contribution in [2.45, 2.75) is 19.4 Å². The standard InChI is InChI=1S/C13H16BrN3O2/c1-2-4-18-10-6-9(7-16-8-10)12(17-15)11-3-5-19-13(11)14/h3,5-8,12,17H,2,4,15H2,1H3. The van der Waals surface area contributed by atoms with Gasteiger partial charge in [0.05, 0.1) is 25.1 Å². The number of nitrogens with two attached hydrogens (primary N) is 1. The Hall–Kier alpha value is -1.37. The molecule has 0 aliphatic rings. The Morgan fingerprint density at radius 2 is 2.37 bits per heavy atom. The summed E-state index contributed by atoms with van der Waals surface area (Å²) in [5, 5.41) is 0. The Bertz CT molecular complexity index is 530. The number of hydrazine groups is 1. The Labute approximate surface area is 120 Å². The van der Waals surface area contributed by atoms with Gasteiger partial charge >= 0.3 is 0 Å². The molecule has 0 aromatic carbocycles. The van der Waals surface area contributed by atoms with Gasteiger partial charge in [0.15, 0.2) is 4.67 Å². The lowest BCUT2D eigenvalue weighted by atomic mass is 10.0. The highest BCUT2D eigenvalue weighted by atomic mass is 79.9. The van der Waals surface area contributed by atoms with E-state index in [-0.39, 0.29) is 6.04 Å². The number of hydrogen-bond donors (Lipinski definition) is 2. The Morgan fingerprint density at radius 3 is 3.00 bits per heavy atom. The van der Waals surface area contributed by atoms with Crippen molar-refractivity contribution in [3.8, 4) is 5.75 Å². The highest BCUT2D eigenvalue weighted by Gasteiger charge is 2.18. The highest BCUT2D eigenvalue weighted by Crippen LogP contribution is 2.29. The molecule has 2 aromatic rings. The Balaban J connectivity index is 2.26. The van der Waals surface area contributed by atoms with Crippen molar-refractivity contribution in [3.63, 3.8) is 0 Å². The summed E-state index contributed by atoms with van der Waals surface area (Å²) < 4.78 is 11.5. The average molecular weight is 326 g/mol. The van der Waals surface area contributed by atoms with Crippen molar-refractivity contribution < 1.29 is 9.15 Å². The summed E-state index contributed by atoms with van der Waals surface area (Å²) in [7, 11) is 0. The molecule has 0 aliphatic carbocycles. The summed E-state index contributed by atoms with van der Waals surface area (Å²) in [5.74, 6) is 6.37. The van der Waals surface area contributed by atoms with Crippen LogP contribution in [0.5, 0.6) is 5.75 Å². The van der Waals surface area contributed by atoms with Crippen molar-refractivity contribution in [2.75, 3.05) is 6.61 Å². The van der Waals surface area contributed by atoms with Gasteiger partial charge < -0.3 is 9.15 Å². The van der Waals surface area contributed by atoms with Crippen molar-refractivity contribution >= 4 is 15.9 Å². The fraction of sp³-hybridized carbons (Fsp3) is 0.308. The molecule has 0 amide bonds. The molecule has 2 aromatic heterocycles. The molecule has 0 radical (unpaired) electrons. The third kappa shape index (κ3) is 3.34. The molecular formula is C13H16BrN3O2. The van der Waals surface area contributed by atoms with Crippen molar-refractivity contribution in [3.05, 3.63) is 46.6 Å². The van der Waals surface area contributed by atoms with Crippen LogP contribution in [-0.2, 0) is 0 Å². The molecule has 102 valence electrons. The number of furan rings is 1. The van der Waals surface area contributed by atoms with Crippen LogP contribution in [0.3, 0.4) is 0 Å². The number of ether oxygens (including phenoxy) is 1. The maximum absolute atomic E-state index is 5.63. The van der Waals surface area contributed by atoms with E-state index in [1.807, 2.05) is 12.1 Å². The van der Waals surface area contributed by atoms with Crippen LogP contribution >= 0.6 is 15.9 Å². The van der Waals surface area contributed by atoms with Gasteiger partial charge in [0.1, 0.15) is 5.75 Å². The Morgan fingerprint density at radius 1 is 1.53 bits per heavy atom. The van der Waals surface area contributed by atoms with Crippen molar-refractivity contribution in [1.82, 2.24) is 10.4 Å². The van der Waals surface area contributed by atoms with Gasteiger partial charge in [-0.2, -0.15) is 0 Å². The number of aromatic nitrogens is 1. The van der Waals surface area contributed by atoms with E-state index in [1.54, 1.807) is 18.7 Å². The maximum Gasteiger partial charge on any atom is 0.174 e. The predicted octanol–water partition coefficient (Wildman–Crippen LogP) is 2.78. The minimum absolute atomic E-state index is 0.203. The second-order valence-corrected chi connectivity index (χ2v) is 4.77. The summed E-state index contributed by atoms with van der Waals surface area (Å²) in [4.78, 5) is 4.18. The van der Waals surface area contributed by atoms with Crippen LogP contribution in [0, 0.1) is 0 Å². The van der Waals surface area contributed by atoms with Gasteiger partial charge in [-0.05, 0) is 40.0 Å². The first-order valence-corrected chi connectivity index (χ1v) is 6.82. The first kappa shape index (κ1) is 14.0. The van der Waals surface area contributed by atoms with E-state index in [1.165, 1.54) is 0 Å². The van der Waals surface area contributed by atoms with Crippen LogP contribution < -0.4 is 16.0 Å². The number of hydrogen-bond acceptors (Lipinski definition) is 5. The van der Waals surface area contributed by atoms with E-state index < -0.39 is 0 Å². The van der Waals surface area contributed by atoms with Gasteiger partial charge in [-0.25, -0.2) is 5.43 Å². The zero-order valence-electron chi connectivity index (χ0n) is 10.6. The predicted molar refractivity (Wildman–Crippen MR) is 75.6 cm³/mol. The third-order valence-electron chi connectivity index (χ3n) is 2.66. The summed E-state index contributed by atoms with van der Waals surface area (Å²) in [6, 6.07) is 3.58. The van der Waals surface area contributed by atoms with Gasteiger partial charge in [-0.1, -0.05) is 6.92 Å². The Kier molecular flexibility index (Phi) is 4.95. The maximum atomic E-state index is 5.63. The zero-order chi connectivity index (χ0) is 13.7. The largest absolute Gasteiger partial charge is 0.492 e. The van der Waals surface area contributed by atoms with E-state index in [9.17, 15) is 0 Å². The molecule has 2 heterocycles. The first-order valence-electron chi connectivity index (χ1n) is 6.03. The fourth-order valence-electron chi connectivity index (χ4n) is 1.77. The molecule has 0 saturated carbocycles. The highest BCUT2D eigenvalue weighted by molar-refractivity contribution is 9.10. The molecule has 1 atom stereocenters. The van der Waals surface area contributed by atoms with Crippen LogP contribution in [0.4, 0.5) is 0 Å². The second-order valence-electron chi connectivity index (χ2n) is 4.05. The molecule has 0 saturated heterocycles. The molecule has 5 nitrogen and oxygen atoms in total. The number of rotatable bonds is 6. The SMILES string of the molecule is CCCOc1cncc(C(NN)c2ccoc2Br)c1. The minimum atomic E-state index is -0.203. The topological polar surface area (TPSA) is 73.3 Å². The molecule has 0 aliphatic heterocycles. The smallest absolute Gasteiger partial charge is 0.174 e. The van der Waals surface area contributed by atoms with Gasteiger partial charge in [0, 0.05) is 11.8 Å². The monoisotopic (exact) mass is 325 g/mol. The summed E-state index contributed by atoms with van der Waals surface area (Å²) in [6.07, 6.45) is 6.00. The lowest BCUT2D eigenvalue weighted by molar-refractivity contribution is 0.315. The average Bonchev–Trinajstić information content (AvgIpc) is 2.84. The second kappa shape index (κ2) is 6.70. The van der Waals surface area contributed by atoms with E-state index >= 15 is 0 Å². The summed E-state index contributed by atoms with van der Waals surface area (Å²) >= 11 is 3.35. The quantitative estimate of drug-likeness (QED) is 0.631. The van der Waals surface area contributed by atoms with Gasteiger partial charge in [0.25, 0.3) is 0 Å². The van der Waals surface area contributed by atoms with Gasteiger partial charge in [0.2, 0.25) is 0 Å². The number of halogens is 1. The summed E-state index contributed by atoms with van der Waals surface area (Å²) in [5.41, 5.74) is 4.59.